The summed E-state index contributed by atoms with van der Waals surface area (Å²) in [7, 11) is -3.47. The number of sulfonamides is 1. The van der Waals surface area contributed by atoms with Crippen molar-refractivity contribution in [3.8, 4) is 0 Å². The lowest BCUT2D eigenvalue weighted by atomic mass is 10.1. The Morgan fingerprint density at radius 1 is 1.03 bits per heavy atom. The van der Waals surface area contributed by atoms with E-state index in [9.17, 15) is 18.0 Å². The van der Waals surface area contributed by atoms with Crippen LogP contribution in [0.4, 0.5) is 0 Å². The quantitative estimate of drug-likeness (QED) is 0.624. The van der Waals surface area contributed by atoms with Crippen LogP contribution in [-0.4, -0.2) is 80.2 Å². The maximum Gasteiger partial charge on any atom is 0.243 e. The summed E-state index contributed by atoms with van der Waals surface area (Å²) in [6, 6.07) is 12.0. The first-order valence-electron chi connectivity index (χ1n) is 10.8. The maximum absolute atomic E-state index is 12.7. The number of rotatable bonds is 8. The monoisotopic (exact) mass is 460 g/mol. The summed E-state index contributed by atoms with van der Waals surface area (Å²) >= 11 is 0. The first-order valence-corrected chi connectivity index (χ1v) is 12.2. The number of amides is 2. The lowest BCUT2D eigenvalue weighted by Crippen LogP contribution is -2.50. The van der Waals surface area contributed by atoms with Crippen molar-refractivity contribution in [2.24, 2.45) is 5.92 Å². The Balaban J connectivity index is 1.21. The summed E-state index contributed by atoms with van der Waals surface area (Å²) < 4.78 is 32.2. The average molecular weight is 461 g/mol. The van der Waals surface area contributed by atoms with Crippen LogP contribution in [0.3, 0.4) is 0 Å². The number of piperazine rings is 1. The van der Waals surface area contributed by atoms with E-state index >= 15 is 0 Å². The highest BCUT2D eigenvalue weighted by Gasteiger charge is 2.35. The molecule has 10 heteroatoms. The Labute approximate surface area is 188 Å². The molecule has 2 aliphatic heterocycles. The molecule has 0 saturated carbocycles. The molecule has 32 heavy (non-hydrogen) atoms. The Kier molecular flexibility index (Phi) is 6.92. The zero-order valence-corrected chi connectivity index (χ0v) is 18.7. The normalized spacial score (nSPS) is 20.6. The summed E-state index contributed by atoms with van der Waals surface area (Å²) in [4.78, 5) is 28.9. The van der Waals surface area contributed by atoms with Gasteiger partial charge in [0, 0.05) is 52.2 Å². The third-order valence-corrected chi connectivity index (χ3v) is 7.91. The second-order valence-corrected chi connectivity index (χ2v) is 10.0. The van der Waals surface area contributed by atoms with Crippen LogP contribution in [0.5, 0.6) is 0 Å². The van der Waals surface area contributed by atoms with Crippen molar-refractivity contribution < 1.29 is 22.4 Å². The Hall–Kier alpha value is -2.69. The summed E-state index contributed by atoms with van der Waals surface area (Å²) in [5.41, 5.74) is 0. The van der Waals surface area contributed by atoms with Crippen molar-refractivity contribution in [3.63, 3.8) is 0 Å². The van der Waals surface area contributed by atoms with E-state index in [1.54, 1.807) is 53.6 Å². The number of furan rings is 1. The topological polar surface area (TPSA) is 103 Å². The van der Waals surface area contributed by atoms with Crippen LogP contribution in [0, 0.1) is 5.92 Å². The molecule has 0 unspecified atom stereocenters. The Morgan fingerprint density at radius 3 is 2.47 bits per heavy atom. The SMILES string of the molecule is O=C(NCc1ccco1)[C@@H]1CC(=O)N(CCN2CCN(S(=O)(=O)c3ccccc3)CC2)C1. The van der Waals surface area contributed by atoms with Crippen molar-refractivity contribution in [1.82, 2.24) is 19.4 Å². The molecule has 0 radical (unpaired) electrons. The molecular formula is C22H28N4O5S. The number of hydrogen-bond acceptors (Lipinski definition) is 6. The van der Waals surface area contributed by atoms with Gasteiger partial charge >= 0.3 is 0 Å². The van der Waals surface area contributed by atoms with Crippen molar-refractivity contribution in [2.45, 2.75) is 17.9 Å². The van der Waals surface area contributed by atoms with Gasteiger partial charge < -0.3 is 14.6 Å². The molecule has 1 aromatic heterocycles. The van der Waals surface area contributed by atoms with E-state index in [-0.39, 0.29) is 24.2 Å². The van der Waals surface area contributed by atoms with E-state index in [4.69, 9.17) is 4.42 Å². The second kappa shape index (κ2) is 9.85. The van der Waals surface area contributed by atoms with E-state index in [1.807, 2.05) is 0 Å². The molecule has 2 aromatic rings. The van der Waals surface area contributed by atoms with E-state index in [0.29, 0.717) is 63.0 Å². The van der Waals surface area contributed by atoms with Crippen LogP contribution in [0.25, 0.3) is 0 Å². The summed E-state index contributed by atoms with van der Waals surface area (Å²) in [5, 5.41) is 2.82. The average Bonchev–Trinajstić information content (AvgIpc) is 3.46. The van der Waals surface area contributed by atoms with Crippen molar-refractivity contribution >= 4 is 21.8 Å². The van der Waals surface area contributed by atoms with Gasteiger partial charge in [-0.25, -0.2) is 8.42 Å². The third-order valence-electron chi connectivity index (χ3n) is 6.00. The van der Waals surface area contributed by atoms with E-state index in [0.717, 1.165) is 0 Å². The van der Waals surface area contributed by atoms with E-state index in [1.165, 1.54) is 4.31 Å². The van der Waals surface area contributed by atoms with E-state index < -0.39 is 10.0 Å². The highest BCUT2D eigenvalue weighted by Crippen LogP contribution is 2.20. The molecule has 4 rings (SSSR count). The number of nitrogens with zero attached hydrogens (tertiary/aromatic N) is 3. The number of likely N-dealkylation sites (tertiary alicyclic amines) is 1. The molecule has 1 atom stereocenters. The minimum absolute atomic E-state index is 0.0200. The van der Waals surface area contributed by atoms with E-state index in [2.05, 4.69) is 10.2 Å². The van der Waals surface area contributed by atoms with Gasteiger partial charge in [-0.2, -0.15) is 4.31 Å². The van der Waals surface area contributed by atoms with Gasteiger partial charge in [0.2, 0.25) is 21.8 Å². The van der Waals surface area contributed by atoms with Crippen LogP contribution in [0.2, 0.25) is 0 Å². The fourth-order valence-electron chi connectivity index (χ4n) is 4.09. The standard InChI is InChI=1S/C22H28N4O5S/c27-21-15-18(22(28)23-16-19-5-4-14-31-19)17-25(21)11-8-24-9-12-26(13-10-24)32(29,30)20-6-2-1-3-7-20/h1-7,14,18H,8-13,15-17H2,(H,23,28)/t18-/m1/s1. The molecule has 0 spiro atoms. The predicted octanol–water partition coefficient (Wildman–Crippen LogP) is 0.751. The molecule has 172 valence electrons. The first kappa shape index (κ1) is 22.5. The van der Waals surface area contributed by atoms with Gasteiger partial charge in [-0.3, -0.25) is 14.5 Å². The predicted molar refractivity (Wildman–Crippen MR) is 117 cm³/mol. The fourth-order valence-corrected chi connectivity index (χ4v) is 5.54. The maximum atomic E-state index is 12.7. The molecule has 2 fully saturated rings. The summed E-state index contributed by atoms with van der Waals surface area (Å²) in [5.74, 6) is 0.156. The zero-order valence-electron chi connectivity index (χ0n) is 17.9. The third kappa shape index (κ3) is 5.20. The molecule has 3 heterocycles. The minimum Gasteiger partial charge on any atom is -0.467 e. The van der Waals surface area contributed by atoms with Gasteiger partial charge in [0.05, 0.1) is 23.6 Å². The largest absolute Gasteiger partial charge is 0.467 e. The summed E-state index contributed by atoms with van der Waals surface area (Å²) in [6.45, 7) is 3.98. The van der Waals surface area contributed by atoms with Gasteiger partial charge in [0.25, 0.3) is 0 Å². The number of benzene rings is 1. The molecule has 9 nitrogen and oxygen atoms in total. The fraction of sp³-hybridized carbons (Fsp3) is 0.455. The van der Waals surface area contributed by atoms with Crippen LogP contribution in [0.1, 0.15) is 12.2 Å². The molecule has 0 bridgehead atoms. The van der Waals surface area contributed by atoms with Crippen molar-refractivity contribution in [2.75, 3.05) is 45.8 Å². The molecule has 1 aromatic carbocycles. The van der Waals surface area contributed by atoms with Gasteiger partial charge in [-0.05, 0) is 24.3 Å². The van der Waals surface area contributed by atoms with Crippen LogP contribution in [-0.2, 0) is 26.2 Å². The lowest BCUT2D eigenvalue weighted by molar-refractivity contribution is -0.129. The molecule has 2 saturated heterocycles. The Morgan fingerprint density at radius 2 is 1.78 bits per heavy atom. The minimum atomic E-state index is -3.47. The number of nitrogens with one attached hydrogen (secondary N) is 1. The van der Waals surface area contributed by atoms with Crippen LogP contribution < -0.4 is 5.32 Å². The first-order chi connectivity index (χ1) is 15.4. The highest BCUT2D eigenvalue weighted by atomic mass is 32.2. The molecule has 2 amide bonds. The van der Waals surface area contributed by atoms with Gasteiger partial charge in [-0.1, -0.05) is 18.2 Å². The molecule has 1 N–H and O–H groups in total. The number of carbonyl (C=O) groups is 2. The summed E-state index contributed by atoms with van der Waals surface area (Å²) in [6.07, 6.45) is 1.77. The van der Waals surface area contributed by atoms with Crippen molar-refractivity contribution in [1.29, 1.82) is 0 Å². The molecule has 0 aliphatic carbocycles. The van der Waals surface area contributed by atoms with Crippen LogP contribution in [0.15, 0.2) is 58.0 Å². The lowest BCUT2D eigenvalue weighted by Gasteiger charge is -2.34. The molecular weight excluding hydrogens is 432 g/mol. The Bertz CT molecular complexity index is 1020. The molecule has 2 aliphatic rings. The number of carbonyl (C=O) groups excluding carboxylic acids is 2. The highest BCUT2D eigenvalue weighted by molar-refractivity contribution is 7.89. The second-order valence-electron chi connectivity index (χ2n) is 8.10. The van der Waals surface area contributed by atoms with Gasteiger partial charge in [0.1, 0.15) is 5.76 Å². The van der Waals surface area contributed by atoms with Gasteiger partial charge in [0.15, 0.2) is 0 Å². The van der Waals surface area contributed by atoms with Crippen molar-refractivity contribution in [3.05, 3.63) is 54.5 Å². The van der Waals surface area contributed by atoms with Gasteiger partial charge in [-0.15, -0.1) is 0 Å². The zero-order chi connectivity index (χ0) is 22.6. The smallest absolute Gasteiger partial charge is 0.243 e. The number of hydrogen-bond donors (Lipinski definition) is 1. The van der Waals surface area contributed by atoms with Crippen LogP contribution >= 0.6 is 0 Å².